The number of anilines is 1. The number of halogens is 2. The molecule has 32 heavy (non-hydrogen) atoms. The quantitative estimate of drug-likeness (QED) is 0.649. The summed E-state index contributed by atoms with van der Waals surface area (Å²) in [5.74, 6) is -1.17. The van der Waals surface area contributed by atoms with E-state index in [0.29, 0.717) is 42.6 Å². The van der Waals surface area contributed by atoms with Crippen molar-refractivity contribution in [2.75, 3.05) is 31.1 Å². The lowest BCUT2D eigenvalue weighted by atomic mass is 10.0. The summed E-state index contributed by atoms with van der Waals surface area (Å²) in [5, 5.41) is 23.9. The first-order valence-corrected chi connectivity index (χ1v) is 10.7. The number of aliphatic hydroxyl groups is 2. The molecular weight excluding hydrogens is 418 g/mol. The molecule has 0 spiro atoms. The lowest BCUT2D eigenvalue weighted by Gasteiger charge is -2.27. The molecule has 2 aromatic heterocycles. The molecule has 1 amide bonds. The molecule has 0 aliphatic carbocycles. The number of nitrogens with zero attached hydrogens (tertiary/aromatic N) is 4. The molecule has 2 saturated heterocycles. The number of amides is 1. The van der Waals surface area contributed by atoms with Gasteiger partial charge in [0.05, 0.1) is 36.5 Å². The number of carbonyl (C=O) groups is 1. The van der Waals surface area contributed by atoms with Crippen molar-refractivity contribution in [3.63, 3.8) is 0 Å². The third-order valence-corrected chi connectivity index (χ3v) is 6.55. The molecule has 7 nitrogen and oxygen atoms in total. The SMILES string of the molecule is O=C(c1cnn2ccc(N3CCCC3c3cc(F)ccc3F)cc12)N1CCC(O)(CO)C1. The Morgan fingerprint density at radius 3 is 2.84 bits per heavy atom. The average Bonchev–Trinajstić information content (AvgIpc) is 3.53. The lowest BCUT2D eigenvalue weighted by Crippen LogP contribution is -2.38. The number of hydrogen-bond donors (Lipinski definition) is 2. The third-order valence-electron chi connectivity index (χ3n) is 6.55. The molecule has 2 N–H and O–H groups in total. The first kappa shape index (κ1) is 20.8. The maximum atomic E-state index is 14.5. The number of benzene rings is 1. The number of pyridine rings is 1. The van der Waals surface area contributed by atoms with Crippen LogP contribution in [0.3, 0.4) is 0 Å². The van der Waals surface area contributed by atoms with Crippen LogP contribution in [0.2, 0.25) is 0 Å². The predicted molar refractivity (Wildman–Crippen MR) is 113 cm³/mol. The zero-order valence-electron chi connectivity index (χ0n) is 17.4. The van der Waals surface area contributed by atoms with Crippen LogP contribution >= 0.6 is 0 Å². The molecule has 168 valence electrons. The number of aliphatic hydroxyl groups excluding tert-OH is 1. The van der Waals surface area contributed by atoms with E-state index in [-0.39, 0.29) is 18.5 Å². The topological polar surface area (TPSA) is 81.3 Å². The second kappa shape index (κ2) is 7.83. The third kappa shape index (κ3) is 3.51. The van der Waals surface area contributed by atoms with Gasteiger partial charge in [0.1, 0.15) is 17.2 Å². The van der Waals surface area contributed by atoms with E-state index in [1.165, 1.54) is 17.2 Å². The molecule has 0 radical (unpaired) electrons. The van der Waals surface area contributed by atoms with Crippen LogP contribution in [-0.4, -0.2) is 62.5 Å². The molecular formula is C23H24F2N4O3. The van der Waals surface area contributed by atoms with Crippen molar-refractivity contribution in [2.45, 2.75) is 30.9 Å². The Morgan fingerprint density at radius 2 is 2.06 bits per heavy atom. The van der Waals surface area contributed by atoms with Crippen molar-refractivity contribution in [2.24, 2.45) is 0 Å². The van der Waals surface area contributed by atoms with E-state index in [0.717, 1.165) is 24.2 Å². The van der Waals surface area contributed by atoms with Gasteiger partial charge in [0, 0.05) is 30.5 Å². The van der Waals surface area contributed by atoms with Crippen LogP contribution in [0.25, 0.3) is 5.52 Å². The number of fused-ring (bicyclic) bond motifs is 1. The Bertz CT molecular complexity index is 1180. The molecule has 2 aliphatic rings. The van der Waals surface area contributed by atoms with Crippen molar-refractivity contribution < 1.29 is 23.8 Å². The molecule has 2 aliphatic heterocycles. The first-order chi connectivity index (χ1) is 15.4. The van der Waals surface area contributed by atoms with E-state index in [1.54, 1.807) is 10.7 Å². The Hall–Kier alpha value is -3.04. The number of carbonyl (C=O) groups excluding carboxylic acids is 1. The summed E-state index contributed by atoms with van der Waals surface area (Å²) >= 11 is 0. The van der Waals surface area contributed by atoms with E-state index in [2.05, 4.69) is 5.10 Å². The van der Waals surface area contributed by atoms with Crippen LogP contribution in [0.1, 0.15) is 41.2 Å². The second-order valence-corrected chi connectivity index (χ2v) is 8.65. The van der Waals surface area contributed by atoms with Crippen LogP contribution in [0.15, 0.2) is 42.7 Å². The van der Waals surface area contributed by atoms with Crippen LogP contribution in [-0.2, 0) is 0 Å². The summed E-state index contributed by atoms with van der Waals surface area (Å²) in [7, 11) is 0. The molecule has 5 rings (SSSR count). The standard InChI is InChI=1S/C23H24F2N4O3/c24-15-3-4-19(25)17(10-15)20-2-1-7-28(20)16-5-8-29-21(11-16)18(12-26-29)22(31)27-9-6-23(32,13-27)14-30/h3-5,8,10-12,20,30,32H,1-2,6-7,9,13-14H2. The normalized spacial score (nSPS) is 23.4. The Labute approximate surface area is 183 Å². The molecule has 4 heterocycles. The van der Waals surface area contributed by atoms with Gasteiger partial charge in [0.15, 0.2) is 0 Å². The van der Waals surface area contributed by atoms with Gasteiger partial charge in [0.2, 0.25) is 0 Å². The average molecular weight is 442 g/mol. The largest absolute Gasteiger partial charge is 0.393 e. The maximum absolute atomic E-state index is 14.5. The Balaban J connectivity index is 1.47. The molecule has 2 fully saturated rings. The fourth-order valence-electron chi connectivity index (χ4n) is 4.81. The number of hydrogen-bond acceptors (Lipinski definition) is 5. The van der Waals surface area contributed by atoms with Gasteiger partial charge in [-0.05, 0) is 49.6 Å². The summed E-state index contributed by atoms with van der Waals surface area (Å²) in [6.45, 7) is 0.693. The van der Waals surface area contributed by atoms with Crippen molar-refractivity contribution >= 4 is 17.1 Å². The van der Waals surface area contributed by atoms with Gasteiger partial charge >= 0.3 is 0 Å². The zero-order chi connectivity index (χ0) is 22.5. The summed E-state index contributed by atoms with van der Waals surface area (Å²) in [6, 6.07) is 6.91. The van der Waals surface area contributed by atoms with E-state index in [4.69, 9.17) is 0 Å². The highest BCUT2D eigenvalue weighted by molar-refractivity contribution is 6.01. The molecule has 9 heteroatoms. The van der Waals surface area contributed by atoms with E-state index >= 15 is 0 Å². The Kier molecular flexibility index (Phi) is 5.10. The number of rotatable bonds is 4. The van der Waals surface area contributed by atoms with Gasteiger partial charge in [-0.25, -0.2) is 13.3 Å². The number of aromatic nitrogens is 2. The minimum absolute atomic E-state index is 0.0619. The smallest absolute Gasteiger partial charge is 0.257 e. The highest BCUT2D eigenvalue weighted by atomic mass is 19.1. The summed E-state index contributed by atoms with van der Waals surface area (Å²) in [4.78, 5) is 16.6. The van der Waals surface area contributed by atoms with Gasteiger partial charge in [-0.2, -0.15) is 5.10 Å². The second-order valence-electron chi connectivity index (χ2n) is 8.65. The van der Waals surface area contributed by atoms with Crippen LogP contribution in [0.4, 0.5) is 14.5 Å². The number of β-amino-alcohol motifs (C(OH)–C–C–N with tert-alkyl or cyclic N) is 1. The Morgan fingerprint density at radius 1 is 1.22 bits per heavy atom. The van der Waals surface area contributed by atoms with Gasteiger partial charge in [-0.3, -0.25) is 4.79 Å². The maximum Gasteiger partial charge on any atom is 0.257 e. The molecule has 0 bridgehead atoms. The zero-order valence-corrected chi connectivity index (χ0v) is 17.4. The van der Waals surface area contributed by atoms with E-state index < -0.39 is 23.8 Å². The minimum atomic E-state index is -1.28. The summed E-state index contributed by atoms with van der Waals surface area (Å²) in [6.07, 6.45) is 5.08. The van der Waals surface area contributed by atoms with Crippen molar-refractivity contribution in [3.05, 3.63) is 65.5 Å². The summed E-state index contributed by atoms with van der Waals surface area (Å²) < 4.78 is 29.8. The van der Waals surface area contributed by atoms with Crippen molar-refractivity contribution in [1.82, 2.24) is 14.5 Å². The van der Waals surface area contributed by atoms with Gasteiger partial charge in [0.25, 0.3) is 5.91 Å². The fourth-order valence-corrected chi connectivity index (χ4v) is 4.81. The van der Waals surface area contributed by atoms with Gasteiger partial charge < -0.3 is 20.0 Å². The van der Waals surface area contributed by atoms with Crippen molar-refractivity contribution in [3.8, 4) is 0 Å². The highest BCUT2D eigenvalue weighted by Gasteiger charge is 2.38. The number of likely N-dealkylation sites (tertiary alicyclic amines) is 1. The minimum Gasteiger partial charge on any atom is -0.393 e. The van der Waals surface area contributed by atoms with Gasteiger partial charge in [-0.1, -0.05) is 0 Å². The summed E-state index contributed by atoms with van der Waals surface area (Å²) in [5.41, 5.74) is 0.833. The van der Waals surface area contributed by atoms with Crippen LogP contribution < -0.4 is 4.90 Å². The predicted octanol–water partition coefficient (Wildman–Crippen LogP) is 2.52. The molecule has 1 aromatic carbocycles. The van der Waals surface area contributed by atoms with Crippen molar-refractivity contribution in [1.29, 1.82) is 0 Å². The van der Waals surface area contributed by atoms with E-state index in [1.807, 2.05) is 17.0 Å². The molecule has 2 atom stereocenters. The monoisotopic (exact) mass is 442 g/mol. The lowest BCUT2D eigenvalue weighted by molar-refractivity contribution is -0.00453. The van der Waals surface area contributed by atoms with Crippen LogP contribution in [0, 0.1) is 11.6 Å². The fraction of sp³-hybridized carbons (Fsp3) is 0.391. The van der Waals surface area contributed by atoms with E-state index in [9.17, 15) is 23.8 Å². The molecule has 3 aromatic rings. The van der Waals surface area contributed by atoms with Gasteiger partial charge in [-0.15, -0.1) is 0 Å². The molecule has 0 saturated carbocycles. The first-order valence-electron chi connectivity index (χ1n) is 10.7. The highest BCUT2D eigenvalue weighted by Crippen LogP contribution is 2.38. The van der Waals surface area contributed by atoms with Crippen LogP contribution in [0.5, 0.6) is 0 Å². The molecule has 2 unspecified atom stereocenters.